The zero-order valence-electron chi connectivity index (χ0n) is 10.3. The fourth-order valence-corrected chi connectivity index (χ4v) is 2.04. The highest BCUT2D eigenvalue weighted by molar-refractivity contribution is 5.88. The molecule has 2 heterocycles. The van der Waals surface area contributed by atoms with Crippen LogP contribution in [0.4, 0.5) is 11.5 Å². The third kappa shape index (κ3) is 2.41. The summed E-state index contributed by atoms with van der Waals surface area (Å²) >= 11 is 0. The van der Waals surface area contributed by atoms with Crippen LogP contribution in [-0.2, 0) is 6.42 Å². The van der Waals surface area contributed by atoms with Crippen LogP contribution in [-0.4, -0.2) is 26.7 Å². The molecule has 0 saturated carbocycles. The first-order valence-electron chi connectivity index (χ1n) is 6.12. The summed E-state index contributed by atoms with van der Waals surface area (Å²) in [7, 11) is 0. The number of rotatable bonds is 4. The molecule has 96 valence electrons. The van der Waals surface area contributed by atoms with E-state index in [9.17, 15) is 0 Å². The van der Waals surface area contributed by atoms with Crippen molar-refractivity contribution < 1.29 is 5.11 Å². The fraction of sp³-hybridized carbons (Fsp3) is 0.143. The smallest absolute Gasteiger partial charge is 0.143 e. The lowest BCUT2D eigenvalue weighted by atomic mass is 10.1. The van der Waals surface area contributed by atoms with Gasteiger partial charge in [0.15, 0.2) is 0 Å². The summed E-state index contributed by atoms with van der Waals surface area (Å²) in [4.78, 5) is 11.5. The maximum atomic E-state index is 8.97. The number of aromatic nitrogens is 3. The number of anilines is 2. The van der Waals surface area contributed by atoms with E-state index in [1.165, 1.54) is 6.33 Å². The van der Waals surface area contributed by atoms with Gasteiger partial charge in [0.1, 0.15) is 17.8 Å². The van der Waals surface area contributed by atoms with Crippen molar-refractivity contribution in [3.8, 4) is 0 Å². The summed E-state index contributed by atoms with van der Waals surface area (Å²) in [6.07, 6.45) is 4.02. The molecule has 0 unspecified atom stereocenters. The zero-order valence-corrected chi connectivity index (χ0v) is 10.3. The Hall–Kier alpha value is -2.40. The quantitative estimate of drug-likeness (QED) is 0.667. The van der Waals surface area contributed by atoms with Gasteiger partial charge in [-0.1, -0.05) is 12.1 Å². The van der Waals surface area contributed by atoms with Gasteiger partial charge in [-0.05, 0) is 30.2 Å². The highest BCUT2D eigenvalue weighted by Crippen LogP contribution is 2.22. The van der Waals surface area contributed by atoms with Crippen LogP contribution in [0.3, 0.4) is 0 Å². The Bertz CT molecular complexity index is 692. The minimum atomic E-state index is 0.152. The summed E-state index contributed by atoms with van der Waals surface area (Å²) in [5, 5.41) is 13.2. The number of aliphatic hydroxyl groups is 1. The third-order valence-electron chi connectivity index (χ3n) is 2.94. The summed E-state index contributed by atoms with van der Waals surface area (Å²) in [5.41, 5.74) is 2.85. The second-order valence-corrected chi connectivity index (χ2v) is 4.26. The van der Waals surface area contributed by atoms with E-state index in [2.05, 4.69) is 20.3 Å². The number of aromatic amines is 1. The maximum absolute atomic E-state index is 8.97. The minimum absolute atomic E-state index is 0.152. The van der Waals surface area contributed by atoms with E-state index in [0.717, 1.165) is 28.1 Å². The molecule has 0 fully saturated rings. The largest absolute Gasteiger partial charge is 0.396 e. The predicted molar refractivity (Wildman–Crippen MR) is 74.4 cm³/mol. The molecule has 0 aliphatic heterocycles. The van der Waals surface area contributed by atoms with E-state index in [-0.39, 0.29) is 6.61 Å². The number of hydrogen-bond donors (Lipinski definition) is 3. The molecule has 0 saturated heterocycles. The topological polar surface area (TPSA) is 73.8 Å². The van der Waals surface area contributed by atoms with Crippen molar-refractivity contribution in [1.29, 1.82) is 0 Å². The van der Waals surface area contributed by atoms with Gasteiger partial charge in [0.2, 0.25) is 0 Å². The van der Waals surface area contributed by atoms with Crippen LogP contribution in [0.15, 0.2) is 42.9 Å². The molecular formula is C14H14N4O. The van der Waals surface area contributed by atoms with Gasteiger partial charge in [-0.3, -0.25) is 0 Å². The Labute approximate surface area is 110 Å². The SMILES string of the molecule is OCCc1cccc(Nc2ncnc3[nH]ccc23)c1. The second kappa shape index (κ2) is 5.07. The lowest BCUT2D eigenvalue weighted by molar-refractivity contribution is 0.299. The van der Waals surface area contributed by atoms with Crippen molar-refractivity contribution in [3.63, 3.8) is 0 Å². The van der Waals surface area contributed by atoms with Crippen molar-refractivity contribution in [3.05, 3.63) is 48.4 Å². The molecule has 0 aliphatic rings. The Morgan fingerprint density at radius 3 is 3.05 bits per heavy atom. The van der Waals surface area contributed by atoms with E-state index >= 15 is 0 Å². The Morgan fingerprint density at radius 2 is 2.16 bits per heavy atom. The monoisotopic (exact) mass is 254 g/mol. The number of nitrogens with zero attached hydrogens (tertiary/aromatic N) is 2. The lowest BCUT2D eigenvalue weighted by Gasteiger charge is -2.08. The van der Waals surface area contributed by atoms with Crippen molar-refractivity contribution in [2.24, 2.45) is 0 Å². The molecule has 0 amide bonds. The first-order chi connectivity index (χ1) is 9.36. The molecule has 0 spiro atoms. The molecule has 3 aromatic rings. The number of benzene rings is 1. The first kappa shape index (κ1) is 11.7. The van der Waals surface area contributed by atoms with Gasteiger partial charge in [0, 0.05) is 18.5 Å². The van der Waals surface area contributed by atoms with E-state index < -0.39 is 0 Å². The molecular weight excluding hydrogens is 240 g/mol. The summed E-state index contributed by atoms with van der Waals surface area (Å²) < 4.78 is 0. The standard InChI is InChI=1S/C14H14N4O/c19-7-5-10-2-1-3-11(8-10)18-14-12-4-6-15-13(12)16-9-17-14/h1-4,6,8-9,19H,5,7H2,(H2,15,16,17,18). The molecule has 3 N–H and O–H groups in total. The molecule has 19 heavy (non-hydrogen) atoms. The second-order valence-electron chi connectivity index (χ2n) is 4.26. The van der Waals surface area contributed by atoms with Crippen molar-refractivity contribution in [2.75, 3.05) is 11.9 Å². The molecule has 1 aromatic carbocycles. The number of H-pyrrole nitrogens is 1. The maximum Gasteiger partial charge on any atom is 0.143 e. The number of aliphatic hydroxyl groups excluding tert-OH is 1. The van der Waals surface area contributed by atoms with Crippen molar-refractivity contribution >= 4 is 22.5 Å². The van der Waals surface area contributed by atoms with Gasteiger partial charge in [0.05, 0.1) is 5.39 Å². The van der Waals surface area contributed by atoms with Crippen LogP contribution in [0.25, 0.3) is 11.0 Å². The molecule has 5 nitrogen and oxygen atoms in total. The van der Waals surface area contributed by atoms with E-state index in [1.54, 1.807) is 0 Å². The summed E-state index contributed by atoms with van der Waals surface area (Å²) in [5.74, 6) is 0.771. The lowest BCUT2D eigenvalue weighted by Crippen LogP contribution is -1.97. The first-order valence-corrected chi connectivity index (χ1v) is 6.12. The highest BCUT2D eigenvalue weighted by Gasteiger charge is 2.04. The molecule has 0 radical (unpaired) electrons. The summed E-state index contributed by atoms with van der Waals surface area (Å²) in [6.45, 7) is 0.152. The molecule has 0 atom stereocenters. The summed E-state index contributed by atoms with van der Waals surface area (Å²) in [6, 6.07) is 9.88. The Kier molecular flexibility index (Phi) is 3.12. The van der Waals surface area contributed by atoms with Gasteiger partial charge in [-0.15, -0.1) is 0 Å². The van der Waals surface area contributed by atoms with Crippen LogP contribution in [0.2, 0.25) is 0 Å². The van der Waals surface area contributed by atoms with Crippen LogP contribution in [0.1, 0.15) is 5.56 Å². The van der Waals surface area contributed by atoms with Gasteiger partial charge in [-0.2, -0.15) is 0 Å². The van der Waals surface area contributed by atoms with Crippen LogP contribution < -0.4 is 5.32 Å². The Balaban J connectivity index is 1.92. The molecule has 0 bridgehead atoms. The molecule has 2 aromatic heterocycles. The Morgan fingerprint density at radius 1 is 1.21 bits per heavy atom. The van der Waals surface area contributed by atoms with Crippen molar-refractivity contribution in [1.82, 2.24) is 15.0 Å². The third-order valence-corrected chi connectivity index (χ3v) is 2.94. The fourth-order valence-electron chi connectivity index (χ4n) is 2.04. The van der Waals surface area contributed by atoms with Crippen molar-refractivity contribution in [2.45, 2.75) is 6.42 Å². The average Bonchev–Trinajstić information content (AvgIpc) is 2.89. The normalized spacial score (nSPS) is 10.8. The van der Waals surface area contributed by atoms with E-state index in [1.807, 2.05) is 36.5 Å². The highest BCUT2D eigenvalue weighted by atomic mass is 16.2. The predicted octanol–water partition coefficient (Wildman–Crippen LogP) is 2.24. The molecule has 0 aliphatic carbocycles. The van der Waals surface area contributed by atoms with Gasteiger partial charge in [-0.25, -0.2) is 9.97 Å². The number of hydrogen-bond acceptors (Lipinski definition) is 4. The van der Waals surface area contributed by atoms with E-state index in [0.29, 0.717) is 6.42 Å². The van der Waals surface area contributed by atoms with E-state index in [4.69, 9.17) is 5.11 Å². The van der Waals surface area contributed by atoms with Crippen LogP contribution in [0.5, 0.6) is 0 Å². The van der Waals surface area contributed by atoms with Gasteiger partial charge < -0.3 is 15.4 Å². The van der Waals surface area contributed by atoms with Crippen LogP contribution in [0, 0.1) is 0 Å². The van der Waals surface area contributed by atoms with Gasteiger partial charge in [0.25, 0.3) is 0 Å². The number of nitrogens with one attached hydrogen (secondary N) is 2. The van der Waals surface area contributed by atoms with Crippen LogP contribution >= 0.6 is 0 Å². The number of fused-ring (bicyclic) bond motifs is 1. The average molecular weight is 254 g/mol. The molecule has 3 rings (SSSR count). The molecule has 5 heteroatoms. The minimum Gasteiger partial charge on any atom is -0.396 e. The van der Waals surface area contributed by atoms with Gasteiger partial charge >= 0.3 is 0 Å². The zero-order chi connectivity index (χ0) is 13.1.